The molecule has 1 unspecified atom stereocenters. The summed E-state index contributed by atoms with van der Waals surface area (Å²) in [4.78, 5) is 48.3. The van der Waals surface area contributed by atoms with E-state index in [9.17, 15) is 19.5 Å². The number of likely N-dealkylation sites (tertiary alicyclic amines) is 1. The van der Waals surface area contributed by atoms with Crippen LogP contribution in [0.3, 0.4) is 0 Å². The van der Waals surface area contributed by atoms with Crippen LogP contribution < -0.4 is 4.90 Å². The van der Waals surface area contributed by atoms with Gasteiger partial charge in [-0.3, -0.25) is 14.4 Å². The molecule has 0 aliphatic carbocycles. The molecule has 5 atom stereocenters. The van der Waals surface area contributed by atoms with Gasteiger partial charge in [0.1, 0.15) is 6.04 Å². The van der Waals surface area contributed by atoms with Crippen molar-refractivity contribution in [1.29, 1.82) is 0 Å². The van der Waals surface area contributed by atoms with Crippen molar-refractivity contribution in [1.82, 2.24) is 9.80 Å². The molecule has 0 bridgehead atoms. The SMILES string of the molecule is O=C1C2N(CCCCCO)C(=O)[C@@H]3[C@H]4C(=O)N(c5ccccc5)CC=C[C@H]4S[C@]23C=CCN1Cc1ccccc1. The van der Waals surface area contributed by atoms with Crippen molar-refractivity contribution in [3.05, 3.63) is 90.5 Å². The maximum absolute atomic E-state index is 14.4. The Labute approximate surface area is 239 Å². The second-order valence-corrected chi connectivity index (χ2v) is 12.5. The van der Waals surface area contributed by atoms with Crippen molar-refractivity contribution < 1.29 is 19.5 Å². The Morgan fingerprint density at radius 2 is 1.60 bits per heavy atom. The molecule has 4 aliphatic rings. The maximum atomic E-state index is 14.4. The van der Waals surface area contributed by atoms with Gasteiger partial charge in [0.15, 0.2) is 0 Å². The molecule has 6 rings (SSSR count). The van der Waals surface area contributed by atoms with E-state index in [4.69, 9.17) is 0 Å². The fourth-order valence-electron chi connectivity index (χ4n) is 6.78. The van der Waals surface area contributed by atoms with Gasteiger partial charge in [-0.1, -0.05) is 72.8 Å². The predicted octanol–water partition coefficient (Wildman–Crippen LogP) is 3.65. The van der Waals surface area contributed by atoms with Crippen molar-refractivity contribution in [3.63, 3.8) is 0 Å². The van der Waals surface area contributed by atoms with Gasteiger partial charge in [-0.05, 0) is 37.0 Å². The molecule has 1 spiro atoms. The normalized spacial score (nSPS) is 29.3. The molecular formula is C32H35N3O4S. The first-order valence-electron chi connectivity index (χ1n) is 14.2. The molecule has 7 nitrogen and oxygen atoms in total. The van der Waals surface area contributed by atoms with Crippen LogP contribution in [-0.4, -0.2) is 74.9 Å². The van der Waals surface area contributed by atoms with E-state index in [1.807, 2.05) is 77.7 Å². The van der Waals surface area contributed by atoms with E-state index in [1.54, 1.807) is 21.6 Å². The van der Waals surface area contributed by atoms with Crippen LogP contribution in [-0.2, 0) is 20.9 Å². The van der Waals surface area contributed by atoms with Gasteiger partial charge in [-0.25, -0.2) is 0 Å². The molecule has 4 heterocycles. The van der Waals surface area contributed by atoms with Crippen LogP contribution in [0, 0.1) is 11.8 Å². The van der Waals surface area contributed by atoms with Crippen LogP contribution >= 0.6 is 11.8 Å². The summed E-state index contributed by atoms with van der Waals surface area (Å²) >= 11 is 1.62. The smallest absolute Gasteiger partial charge is 0.247 e. The minimum atomic E-state index is -0.814. The van der Waals surface area contributed by atoms with Gasteiger partial charge in [0, 0.05) is 43.7 Å². The zero-order valence-electron chi connectivity index (χ0n) is 22.5. The van der Waals surface area contributed by atoms with E-state index >= 15 is 0 Å². The average Bonchev–Trinajstić information content (AvgIpc) is 3.29. The van der Waals surface area contributed by atoms with Crippen molar-refractivity contribution in [2.75, 3.05) is 31.1 Å². The third kappa shape index (κ3) is 4.57. The molecule has 2 fully saturated rings. The molecule has 40 heavy (non-hydrogen) atoms. The zero-order chi connectivity index (χ0) is 27.7. The van der Waals surface area contributed by atoms with Crippen LogP contribution in [0.2, 0.25) is 0 Å². The molecule has 0 saturated carbocycles. The first kappa shape index (κ1) is 26.8. The molecule has 3 amide bonds. The number of nitrogens with zero attached hydrogens (tertiary/aromatic N) is 3. The Kier molecular flexibility index (Phi) is 7.55. The maximum Gasteiger partial charge on any atom is 0.247 e. The lowest BCUT2D eigenvalue weighted by Gasteiger charge is -2.35. The fraction of sp³-hybridized carbons (Fsp3) is 0.406. The summed E-state index contributed by atoms with van der Waals surface area (Å²) in [6.07, 6.45) is 10.3. The highest BCUT2D eigenvalue weighted by molar-refractivity contribution is 8.02. The van der Waals surface area contributed by atoms with Crippen LogP contribution in [0.25, 0.3) is 0 Å². The lowest BCUT2D eigenvalue weighted by Crippen LogP contribution is -2.53. The summed E-state index contributed by atoms with van der Waals surface area (Å²) in [5, 5.41) is 9.10. The summed E-state index contributed by atoms with van der Waals surface area (Å²) in [7, 11) is 0. The monoisotopic (exact) mass is 557 g/mol. The molecule has 0 aromatic heterocycles. The Balaban J connectivity index is 1.37. The Morgan fingerprint density at radius 3 is 2.35 bits per heavy atom. The first-order valence-corrected chi connectivity index (χ1v) is 15.1. The van der Waals surface area contributed by atoms with Crippen LogP contribution in [0.4, 0.5) is 5.69 Å². The number of benzene rings is 2. The summed E-state index contributed by atoms with van der Waals surface area (Å²) in [5.74, 6) is -1.41. The number of anilines is 1. The van der Waals surface area contributed by atoms with Crippen molar-refractivity contribution in [2.45, 2.75) is 41.8 Å². The van der Waals surface area contributed by atoms with Gasteiger partial charge < -0.3 is 19.8 Å². The number of amides is 3. The van der Waals surface area contributed by atoms with Gasteiger partial charge in [0.05, 0.1) is 16.6 Å². The van der Waals surface area contributed by atoms with Gasteiger partial charge in [0.2, 0.25) is 17.7 Å². The van der Waals surface area contributed by atoms with E-state index in [-0.39, 0.29) is 29.6 Å². The minimum Gasteiger partial charge on any atom is -0.396 e. The molecule has 1 N–H and O–H groups in total. The second kappa shape index (κ2) is 11.3. The molecule has 0 radical (unpaired) electrons. The minimum absolute atomic E-state index is 0.0592. The molecule has 2 aromatic carbocycles. The topological polar surface area (TPSA) is 81.2 Å². The number of carbonyl (C=O) groups excluding carboxylic acids is 3. The number of para-hydroxylation sites is 1. The molecule has 2 saturated heterocycles. The van der Waals surface area contributed by atoms with Gasteiger partial charge >= 0.3 is 0 Å². The third-order valence-corrected chi connectivity index (χ3v) is 10.3. The van der Waals surface area contributed by atoms with E-state index in [0.717, 1.165) is 17.7 Å². The van der Waals surface area contributed by atoms with E-state index in [2.05, 4.69) is 12.2 Å². The number of fused-ring (bicyclic) bond motifs is 2. The van der Waals surface area contributed by atoms with Crippen LogP contribution in [0.1, 0.15) is 24.8 Å². The fourth-order valence-corrected chi connectivity index (χ4v) is 8.79. The number of aliphatic hydroxyl groups is 1. The van der Waals surface area contributed by atoms with Crippen molar-refractivity contribution in [2.24, 2.45) is 11.8 Å². The Bertz CT molecular complexity index is 1320. The summed E-state index contributed by atoms with van der Waals surface area (Å²) < 4.78 is -0.814. The Hall–Kier alpha value is -3.36. The summed E-state index contributed by atoms with van der Waals surface area (Å²) in [5.41, 5.74) is 1.85. The standard InChI is InChI=1S/C32H35N3O4S/c36-21-9-3-8-19-35-28-31(39)33(22-23-12-4-1-5-13-23)18-11-17-32(28)27(30(35)38)26-25(40-32)16-10-20-34(29(26)37)24-14-6-2-7-15-24/h1-2,4-7,10-17,25-28,36H,3,8-9,18-22H2/t25-,26+,27+,28?,32+/m1/s1. The van der Waals surface area contributed by atoms with Gasteiger partial charge in [0.25, 0.3) is 0 Å². The van der Waals surface area contributed by atoms with Crippen LogP contribution in [0.15, 0.2) is 85.0 Å². The quantitative estimate of drug-likeness (QED) is 0.396. The van der Waals surface area contributed by atoms with Crippen LogP contribution in [0.5, 0.6) is 0 Å². The third-order valence-electron chi connectivity index (χ3n) is 8.58. The molecule has 2 aromatic rings. The van der Waals surface area contributed by atoms with E-state index < -0.39 is 22.6 Å². The summed E-state index contributed by atoms with van der Waals surface area (Å²) in [6, 6.07) is 18.8. The highest BCUT2D eigenvalue weighted by atomic mass is 32.2. The predicted molar refractivity (Wildman–Crippen MR) is 156 cm³/mol. The number of rotatable bonds is 8. The highest BCUT2D eigenvalue weighted by Gasteiger charge is 2.70. The lowest BCUT2D eigenvalue weighted by molar-refractivity contribution is -0.143. The van der Waals surface area contributed by atoms with Crippen molar-refractivity contribution >= 4 is 35.2 Å². The highest BCUT2D eigenvalue weighted by Crippen LogP contribution is 2.61. The van der Waals surface area contributed by atoms with E-state index in [0.29, 0.717) is 39.0 Å². The number of thioether (sulfide) groups is 1. The molecule has 4 aliphatic heterocycles. The number of unbranched alkanes of at least 4 members (excludes halogenated alkanes) is 2. The average molecular weight is 558 g/mol. The largest absolute Gasteiger partial charge is 0.396 e. The van der Waals surface area contributed by atoms with E-state index in [1.165, 1.54) is 0 Å². The van der Waals surface area contributed by atoms with Gasteiger partial charge in [-0.15, -0.1) is 11.8 Å². The first-order chi connectivity index (χ1) is 19.5. The number of hydrogen-bond donors (Lipinski definition) is 1. The lowest BCUT2D eigenvalue weighted by atomic mass is 9.78. The zero-order valence-corrected chi connectivity index (χ0v) is 23.3. The number of hydrogen-bond acceptors (Lipinski definition) is 5. The Morgan fingerprint density at radius 1 is 0.850 bits per heavy atom. The number of aliphatic hydroxyl groups excluding tert-OH is 1. The molecule has 208 valence electrons. The molecule has 8 heteroatoms. The summed E-state index contributed by atoms with van der Waals surface area (Å²) in [6.45, 7) is 1.92. The number of carbonyl (C=O) groups is 3. The second-order valence-electron chi connectivity index (χ2n) is 11.0. The molecular weight excluding hydrogens is 522 g/mol. The van der Waals surface area contributed by atoms with Gasteiger partial charge in [-0.2, -0.15) is 0 Å². The van der Waals surface area contributed by atoms with Crippen molar-refractivity contribution in [3.8, 4) is 0 Å².